The summed E-state index contributed by atoms with van der Waals surface area (Å²) < 4.78 is 24.8. The monoisotopic (exact) mass is 533 g/mol. The van der Waals surface area contributed by atoms with Gasteiger partial charge in [-0.05, 0) is 38.5 Å². The normalized spacial score (nSPS) is 19.3. The second-order valence-corrected chi connectivity index (χ2v) is 10.0. The molecule has 5 amide bonds. The second-order valence-electron chi connectivity index (χ2n) is 10.0. The standard InChI is InChI=1S/C25H32FN5O7/c1-5-20(32)28-10-18(29-23(35)38-25(2,3)4)22(34)31-12-15(9-19(31)21(27)33)37-24(36)30-11-14-7-6-8-17(26)16(14)13-30/h5-8,15,18-19H,1,9-13H2,2-4H3,(H2,27,33)(H,28,32)(H,29,35)/t15-,18+,19+/m1/s1. The number of hydrogen-bond acceptors (Lipinski definition) is 7. The molecule has 0 aliphatic carbocycles. The first-order chi connectivity index (χ1) is 17.8. The molecule has 0 aromatic heterocycles. The molecule has 12 nitrogen and oxygen atoms in total. The number of ether oxygens (including phenoxy) is 2. The Labute approximate surface area is 219 Å². The van der Waals surface area contributed by atoms with E-state index in [1.165, 1.54) is 11.0 Å². The number of rotatable bonds is 7. The Balaban J connectivity index is 1.70. The van der Waals surface area contributed by atoms with Crippen LogP contribution in [0.15, 0.2) is 30.9 Å². The van der Waals surface area contributed by atoms with E-state index in [-0.39, 0.29) is 32.6 Å². The van der Waals surface area contributed by atoms with Gasteiger partial charge in [0.15, 0.2) is 0 Å². The number of nitrogens with one attached hydrogen (secondary N) is 2. The fourth-order valence-corrected chi connectivity index (χ4v) is 4.25. The summed E-state index contributed by atoms with van der Waals surface area (Å²) in [5.41, 5.74) is 5.73. The highest BCUT2D eigenvalue weighted by Crippen LogP contribution is 2.27. The summed E-state index contributed by atoms with van der Waals surface area (Å²) in [4.78, 5) is 64.8. The zero-order valence-corrected chi connectivity index (χ0v) is 21.5. The largest absolute Gasteiger partial charge is 0.444 e. The number of alkyl carbamates (subject to hydrolysis) is 1. The quantitative estimate of drug-likeness (QED) is 0.440. The van der Waals surface area contributed by atoms with Crippen molar-refractivity contribution in [3.63, 3.8) is 0 Å². The minimum atomic E-state index is -1.32. The van der Waals surface area contributed by atoms with Crippen LogP contribution < -0.4 is 16.4 Å². The van der Waals surface area contributed by atoms with Gasteiger partial charge in [0, 0.05) is 25.1 Å². The van der Waals surface area contributed by atoms with Crippen molar-refractivity contribution in [1.29, 1.82) is 0 Å². The maximum Gasteiger partial charge on any atom is 0.410 e. The highest BCUT2D eigenvalue weighted by molar-refractivity contribution is 5.93. The van der Waals surface area contributed by atoms with Gasteiger partial charge >= 0.3 is 12.2 Å². The average Bonchev–Trinajstić information content (AvgIpc) is 3.45. The van der Waals surface area contributed by atoms with Gasteiger partial charge in [-0.25, -0.2) is 14.0 Å². The fraction of sp³-hybridized carbons (Fsp3) is 0.480. The molecule has 2 aliphatic heterocycles. The van der Waals surface area contributed by atoms with Crippen molar-refractivity contribution in [3.05, 3.63) is 47.8 Å². The molecule has 13 heteroatoms. The number of likely N-dealkylation sites (tertiary alicyclic amines) is 1. The number of carbonyl (C=O) groups is 5. The number of fused-ring (bicyclic) bond motifs is 1. The molecule has 0 saturated carbocycles. The molecular formula is C25H32FN5O7. The van der Waals surface area contributed by atoms with E-state index < -0.39 is 59.5 Å². The number of benzene rings is 1. The molecule has 3 atom stereocenters. The predicted octanol–water partition coefficient (Wildman–Crippen LogP) is 0.928. The summed E-state index contributed by atoms with van der Waals surface area (Å²) in [6, 6.07) is 2.13. The summed E-state index contributed by atoms with van der Waals surface area (Å²) in [7, 11) is 0. The van der Waals surface area contributed by atoms with Gasteiger partial charge in [-0.1, -0.05) is 18.7 Å². The Hall–Kier alpha value is -4.16. The van der Waals surface area contributed by atoms with E-state index in [1.54, 1.807) is 32.9 Å². The molecule has 1 fully saturated rings. The summed E-state index contributed by atoms with van der Waals surface area (Å²) in [6.45, 7) is 7.93. The minimum Gasteiger partial charge on any atom is -0.444 e. The summed E-state index contributed by atoms with van der Waals surface area (Å²) in [5.74, 6) is -2.58. The van der Waals surface area contributed by atoms with Crippen LogP contribution in [0.1, 0.15) is 38.3 Å². The Morgan fingerprint density at radius 1 is 1.24 bits per heavy atom. The molecule has 1 aromatic rings. The predicted molar refractivity (Wildman–Crippen MR) is 132 cm³/mol. The van der Waals surface area contributed by atoms with Crippen LogP contribution >= 0.6 is 0 Å². The Morgan fingerprint density at radius 3 is 2.55 bits per heavy atom. The Morgan fingerprint density at radius 2 is 1.95 bits per heavy atom. The fourth-order valence-electron chi connectivity index (χ4n) is 4.25. The molecule has 38 heavy (non-hydrogen) atoms. The van der Waals surface area contributed by atoms with Crippen LogP contribution in [0.3, 0.4) is 0 Å². The maximum atomic E-state index is 14.1. The van der Waals surface area contributed by atoms with E-state index in [9.17, 15) is 28.4 Å². The van der Waals surface area contributed by atoms with Crippen molar-refractivity contribution >= 4 is 29.9 Å². The van der Waals surface area contributed by atoms with Gasteiger partial charge in [0.2, 0.25) is 17.7 Å². The van der Waals surface area contributed by atoms with Gasteiger partial charge in [0.25, 0.3) is 0 Å². The lowest BCUT2D eigenvalue weighted by Crippen LogP contribution is -2.57. The first kappa shape index (κ1) is 28.4. The third kappa shape index (κ3) is 6.99. The minimum absolute atomic E-state index is 0.0281. The lowest BCUT2D eigenvalue weighted by molar-refractivity contribution is -0.139. The topological polar surface area (TPSA) is 160 Å². The second kappa shape index (κ2) is 11.5. The SMILES string of the molecule is C=CC(=O)NC[C@H](NC(=O)OC(C)(C)C)C(=O)N1C[C@H](OC(=O)N2Cc3cccc(F)c3C2)C[C@H]1C(N)=O. The Bertz CT molecular complexity index is 1140. The van der Waals surface area contributed by atoms with E-state index in [0.717, 1.165) is 11.0 Å². The number of hydrogen-bond donors (Lipinski definition) is 3. The molecule has 4 N–H and O–H groups in total. The van der Waals surface area contributed by atoms with Crippen molar-refractivity contribution in [2.45, 2.75) is 64.1 Å². The summed E-state index contributed by atoms with van der Waals surface area (Å²) in [6.07, 6.45) is -1.61. The van der Waals surface area contributed by atoms with Crippen molar-refractivity contribution < 1.29 is 37.8 Å². The lowest BCUT2D eigenvalue weighted by atomic mass is 10.1. The smallest absolute Gasteiger partial charge is 0.410 e. The van der Waals surface area contributed by atoms with E-state index >= 15 is 0 Å². The van der Waals surface area contributed by atoms with Gasteiger partial charge < -0.3 is 30.7 Å². The number of halogens is 1. The molecule has 3 rings (SSSR count). The first-order valence-corrected chi connectivity index (χ1v) is 12.0. The van der Waals surface area contributed by atoms with Gasteiger partial charge in [0.1, 0.15) is 29.6 Å². The average molecular weight is 534 g/mol. The van der Waals surface area contributed by atoms with Crippen LogP contribution in [0.25, 0.3) is 0 Å². The van der Waals surface area contributed by atoms with E-state index in [2.05, 4.69) is 17.2 Å². The molecular weight excluding hydrogens is 501 g/mol. The molecule has 0 spiro atoms. The molecule has 2 heterocycles. The van der Waals surface area contributed by atoms with Crippen LogP contribution in [-0.2, 0) is 36.9 Å². The van der Waals surface area contributed by atoms with Crippen molar-refractivity contribution in [2.75, 3.05) is 13.1 Å². The summed E-state index contributed by atoms with van der Waals surface area (Å²) >= 11 is 0. The number of nitrogens with zero attached hydrogens (tertiary/aromatic N) is 2. The van der Waals surface area contributed by atoms with Gasteiger partial charge in [-0.2, -0.15) is 0 Å². The zero-order valence-electron chi connectivity index (χ0n) is 21.5. The zero-order chi connectivity index (χ0) is 28.2. The van der Waals surface area contributed by atoms with E-state index in [1.807, 2.05) is 0 Å². The van der Waals surface area contributed by atoms with Crippen LogP contribution in [0.2, 0.25) is 0 Å². The molecule has 0 radical (unpaired) electrons. The van der Waals surface area contributed by atoms with Crippen LogP contribution in [0, 0.1) is 5.82 Å². The van der Waals surface area contributed by atoms with Crippen molar-refractivity contribution in [3.8, 4) is 0 Å². The number of primary amides is 1. The highest BCUT2D eigenvalue weighted by atomic mass is 19.1. The highest BCUT2D eigenvalue weighted by Gasteiger charge is 2.43. The maximum absolute atomic E-state index is 14.1. The van der Waals surface area contributed by atoms with Crippen molar-refractivity contribution in [2.24, 2.45) is 5.73 Å². The molecule has 0 unspecified atom stereocenters. The number of nitrogens with two attached hydrogens (primary N) is 1. The number of carbonyl (C=O) groups excluding carboxylic acids is 5. The lowest BCUT2D eigenvalue weighted by Gasteiger charge is -2.28. The van der Waals surface area contributed by atoms with Crippen LogP contribution in [-0.4, -0.2) is 76.6 Å². The third-order valence-electron chi connectivity index (χ3n) is 5.98. The molecule has 206 valence electrons. The van der Waals surface area contributed by atoms with Crippen LogP contribution in [0.5, 0.6) is 0 Å². The Kier molecular flexibility index (Phi) is 8.59. The van der Waals surface area contributed by atoms with Gasteiger partial charge in [-0.15, -0.1) is 0 Å². The van der Waals surface area contributed by atoms with Crippen LogP contribution in [0.4, 0.5) is 14.0 Å². The molecule has 0 bridgehead atoms. The first-order valence-electron chi connectivity index (χ1n) is 12.0. The number of amides is 5. The van der Waals surface area contributed by atoms with E-state index in [4.69, 9.17) is 15.2 Å². The molecule has 1 aromatic carbocycles. The van der Waals surface area contributed by atoms with Gasteiger partial charge in [-0.3, -0.25) is 19.3 Å². The van der Waals surface area contributed by atoms with Gasteiger partial charge in [0.05, 0.1) is 13.1 Å². The molecule has 1 saturated heterocycles. The van der Waals surface area contributed by atoms with Crippen molar-refractivity contribution in [1.82, 2.24) is 20.4 Å². The molecule has 2 aliphatic rings. The van der Waals surface area contributed by atoms with E-state index in [0.29, 0.717) is 11.1 Å². The third-order valence-corrected chi connectivity index (χ3v) is 5.98. The summed E-state index contributed by atoms with van der Waals surface area (Å²) in [5, 5.41) is 4.83.